The zero-order valence-corrected chi connectivity index (χ0v) is 6.86. The van der Waals surface area contributed by atoms with Crippen molar-refractivity contribution in [3.63, 3.8) is 0 Å². The Bertz CT molecular complexity index is 99.9. The van der Waals surface area contributed by atoms with E-state index in [9.17, 15) is 0 Å². The summed E-state index contributed by atoms with van der Waals surface area (Å²) in [6, 6.07) is 0. The summed E-state index contributed by atoms with van der Waals surface area (Å²) in [4.78, 5) is 0. The van der Waals surface area contributed by atoms with Gasteiger partial charge in [0.25, 0.3) is 0 Å². The topological polar surface area (TPSA) is 48.5 Å². The summed E-state index contributed by atoms with van der Waals surface area (Å²) in [5.74, 6) is 0.921. The molecular formula is C6H16N4. The lowest BCUT2D eigenvalue weighted by Gasteiger charge is -2.04. The van der Waals surface area contributed by atoms with Crippen LogP contribution >= 0.6 is 0 Å². The molecule has 0 saturated heterocycles. The van der Waals surface area contributed by atoms with E-state index >= 15 is 0 Å². The van der Waals surface area contributed by atoms with Crippen molar-refractivity contribution in [2.45, 2.75) is 20.3 Å². The molecule has 0 fully saturated rings. The van der Waals surface area contributed by atoms with E-state index < -0.39 is 0 Å². The zero-order chi connectivity index (χ0) is 7.82. The molecule has 10 heavy (non-hydrogen) atoms. The Morgan fingerprint density at radius 2 is 2.10 bits per heavy atom. The number of hydrogen-bond acceptors (Lipinski definition) is 3. The van der Waals surface area contributed by atoms with Gasteiger partial charge in [0, 0.05) is 20.0 Å². The summed E-state index contributed by atoms with van der Waals surface area (Å²) >= 11 is 0. The highest BCUT2D eigenvalue weighted by atomic mass is 15.4. The Hall–Kier alpha value is -0.770. The van der Waals surface area contributed by atoms with Gasteiger partial charge in [-0.15, -0.1) is 0 Å². The number of amidine groups is 1. The molecule has 0 heterocycles. The van der Waals surface area contributed by atoms with E-state index in [1.165, 1.54) is 0 Å². The van der Waals surface area contributed by atoms with Gasteiger partial charge in [-0.05, 0) is 6.92 Å². The lowest BCUT2D eigenvalue weighted by atomic mass is 10.5. The molecule has 0 amide bonds. The van der Waals surface area contributed by atoms with E-state index in [1.54, 1.807) is 0 Å². The SMILES string of the molecule is CCNN=C(CC)NNC. The number of nitrogens with zero attached hydrogens (tertiary/aromatic N) is 1. The van der Waals surface area contributed by atoms with E-state index in [0.29, 0.717) is 0 Å². The Labute approximate surface area is 62.0 Å². The first-order valence-electron chi connectivity index (χ1n) is 3.57. The van der Waals surface area contributed by atoms with Crippen LogP contribution in [0.1, 0.15) is 20.3 Å². The first kappa shape index (κ1) is 9.23. The van der Waals surface area contributed by atoms with E-state index in [2.05, 4.69) is 21.4 Å². The second-order valence-corrected chi connectivity index (χ2v) is 1.80. The highest BCUT2D eigenvalue weighted by Crippen LogP contribution is 1.76. The Morgan fingerprint density at radius 1 is 1.40 bits per heavy atom. The third-order valence-corrected chi connectivity index (χ3v) is 0.976. The molecule has 0 aliphatic heterocycles. The molecule has 0 atom stereocenters. The van der Waals surface area contributed by atoms with E-state index in [0.717, 1.165) is 18.8 Å². The van der Waals surface area contributed by atoms with Crippen molar-refractivity contribution in [3.8, 4) is 0 Å². The van der Waals surface area contributed by atoms with Crippen LogP contribution in [0.4, 0.5) is 0 Å². The van der Waals surface area contributed by atoms with Gasteiger partial charge < -0.3 is 10.9 Å². The second-order valence-electron chi connectivity index (χ2n) is 1.80. The van der Waals surface area contributed by atoms with Gasteiger partial charge in [-0.2, -0.15) is 5.10 Å². The van der Waals surface area contributed by atoms with Crippen LogP contribution in [0.5, 0.6) is 0 Å². The first-order valence-corrected chi connectivity index (χ1v) is 3.57. The minimum Gasteiger partial charge on any atom is -0.309 e. The van der Waals surface area contributed by atoms with Gasteiger partial charge in [-0.3, -0.25) is 0 Å². The van der Waals surface area contributed by atoms with Gasteiger partial charge in [0.15, 0.2) is 0 Å². The van der Waals surface area contributed by atoms with E-state index in [-0.39, 0.29) is 0 Å². The van der Waals surface area contributed by atoms with Crippen LogP contribution < -0.4 is 16.3 Å². The standard InChI is InChI=1S/C6H16N4/c1-4-6(9-7-3)10-8-5-2/h7-8H,4-5H2,1-3H3,(H,9,10). The maximum atomic E-state index is 4.04. The van der Waals surface area contributed by atoms with Gasteiger partial charge in [-0.25, -0.2) is 5.43 Å². The average molecular weight is 144 g/mol. The summed E-state index contributed by atoms with van der Waals surface area (Å²) in [5.41, 5.74) is 8.58. The molecule has 0 aliphatic rings. The third-order valence-electron chi connectivity index (χ3n) is 0.976. The molecule has 60 valence electrons. The van der Waals surface area contributed by atoms with Crippen LogP contribution in [-0.2, 0) is 0 Å². The molecule has 0 rings (SSSR count). The molecule has 4 nitrogen and oxygen atoms in total. The molecule has 0 radical (unpaired) electrons. The van der Waals surface area contributed by atoms with Crippen molar-refractivity contribution in [2.75, 3.05) is 13.6 Å². The molecule has 0 aliphatic carbocycles. The van der Waals surface area contributed by atoms with Crippen LogP contribution in [0.3, 0.4) is 0 Å². The Morgan fingerprint density at radius 3 is 2.50 bits per heavy atom. The molecule has 3 N–H and O–H groups in total. The summed E-state index contributed by atoms with van der Waals surface area (Å²) in [6.07, 6.45) is 0.897. The summed E-state index contributed by atoms with van der Waals surface area (Å²) in [7, 11) is 1.82. The minimum atomic E-state index is 0.856. The van der Waals surface area contributed by atoms with Gasteiger partial charge >= 0.3 is 0 Å². The van der Waals surface area contributed by atoms with Crippen molar-refractivity contribution in [1.29, 1.82) is 0 Å². The van der Waals surface area contributed by atoms with Crippen LogP contribution in [0.25, 0.3) is 0 Å². The van der Waals surface area contributed by atoms with Crippen molar-refractivity contribution >= 4 is 5.84 Å². The summed E-state index contributed by atoms with van der Waals surface area (Å²) in [6.45, 7) is 4.91. The maximum absolute atomic E-state index is 4.04. The second kappa shape index (κ2) is 6.35. The lowest BCUT2D eigenvalue weighted by molar-refractivity contribution is 0.714. The molecule has 0 saturated carbocycles. The van der Waals surface area contributed by atoms with Gasteiger partial charge in [0.05, 0.1) is 0 Å². The van der Waals surface area contributed by atoms with Crippen molar-refractivity contribution in [1.82, 2.24) is 16.3 Å². The third kappa shape index (κ3) is 4.14. The van der Waals surface area contributed by atoms with Crippen molar-refractivity contribution in [3.05, 3.63) is 0 Å². The number of hydrogen-bond donors (Lipinski definition) is 3. The smallest absolute Gasteiger partial charge is 0.136 e. The summed E-state index contributed by atoms with van der Waals surface area (Å²) < 4.78 is 0. The predicted octanol–water partition coefficient (Wildman–Crippen LogP) is 0.0434. The van der Waals surface area contributed by atoms with E-state index in [4.69, 9.17) is 0 Å². The monoisotopic (exact) mass is 144 g/mol. The number of hydrazone groups is 1. The zero-order valence-electron chi connectivity index (χ0n) is 6.86. The highest BCUT2D eigenvalue weighted by Gasteiger charge is 1.89. The number of rotatable bonds is 4. The molecule has 0 unspecified atom stereocenters. The van der Waals surface area contributed by atoms with Crippen LogP contribution in [0.2, 0.25) is 0 Å². The number of hydrazine groups is 1. The normalized spacial score (nSPS) is 11.3. The van der Waals surface area contributed by atoms with Crippen LogP contribution in [-0.4, -0.2) is 19.4 Å². The summed E-state index contributed by atoms with van der Waals surface area (Å²) in [5, 5.41) is 4.04. The maximum Gasteiger partial charge on any atom is 0.136 e. The van der Waals surface area contributed by atoms with Gasteiger partial charge in [0.2, 0.25) is 0 Å². The minimum absolute atomic E-state index is 0.856. The van der Waals surface area contributed by atoms with Crippen LogP contribution in [0, 0.1) is 0 Å². The molecule has 0 spiro atoms. The largest absolute Gasteiger partial charge is 0.309 e. The first-order chi connectivity index (χ1) is 4.85. The molecule has 0 aromatic heterocycles. The van der Waals surface area contributed by atoms with Crippen LogP contribution in [0.15, 0.2) is 5.10 Å². The Balaban J connectivity index is 3.55. The van der Waals surface area contributed by atoms with E-state index in [1.807, 2.05) is 20.9 Å². The fraction of sp³-hybridized carbons (Fsp3) is 0.833. The molecular weight excluding hydrogens is 128 g/mol. The van der Waals surface area contributed by atoms with Gasteiger partial charge in [0.1, 0.15) is 5.84 Å². The quantitative estimate of drug-likeness (QED) is 0.297. The number of nitrogens with one attached hydrogen (secondary N) is 3. The molecule has 0 aromatic rings. The highest BCUT2D eigenvalue weighted by molar-refractivity contribution is 5.81. The fourth-order valence-corrected chi connectivity index (χ4v) is 0.514. The van der Waals surface area contributed by atoms with Crippen molar-refractivity contribution < 1.29 is 0 Å². The van der Waals surface area contributed by atoms with Crippen molar-refractivity contribution in [2.24, 2.45) is 5.10 Å². The average Bonchev–Trinajstić information content (AvgIpc) is 1.98. The molecule has 4 heteroatoms. The Kier molecular flexibility index (Phi) is 5.86. The fourth-order valence-electron chi connectivity index (χ4n) is 0.514. The predicted molar refractivity (Wildman–Crippen MR) is 43.6 cm³/mol. The molecule has 0 bridgehead atoms. The van der Waals surface area contributed by atoms with Gasteiger partial charge in [-0.1, -0.05) is 6.92 Å². The molecule has 0 aromatic carbocycles. The lowest BCUT2D eigenvalue weighted by Crippen LogP contribution is -2.35.